The van der Waals surface area contributed by atoms with E-state index in [-0.39, 0.29) is 30.2 Å². The number of carbonyl (C=O) groups excluding carboxylic acids is 3. The van der Waals surface area contributed by atoms with Crippen LogP contribution in [0.2, 0.25) is 0 Å². The van der Waals surface area contributed by atoms with Gasteiger partial charge in [0.05, 0.1) is 13.1 Å². The molecular weight excluding hydrogens is 404 g/mol. The lowest BCUT2D eigenvalue weighted by Crippen LogP contribution is -2.75. The highest BCUT2D eigenvalue weighted by Gasteiger charge is 2.51. The van der Waals surface area contributed by atoms with Gasteiger partial charge in [-0.05, 0) is 18.9 Å². The average Bonchev–Trinajstić information content (AvgIpc) is 2.82. The van der Waals surface area contributed by atoms with Crippen LogP contribution in [0.3, 0.4) is 0 Å². The number of likely N-dealkylation sites (N-methyl/N-ethyl adjacent to an activating group) is 2. The molecule has 0 bridgehead atoms. The number of nitrogens with zero attached hydrogens (tertiary/aromatic N) is 4. The molecular formula is C25H42N4O3. The SMILES string of the molecule is CC.CC.CCCC(=O)N1C2CN(CC)C(=O)C(C(C)c3ccccc3)N2C(=O)CN1C. The van der Waals surface area contributed by atoms with Crippen LogP contribution in [0.5, 0.6) is 0 Å². The van der Waals surface area contributed by atoms with Crippen molar-refractivity contribution in [3.05, 3.63) is 35.9 Å². The second kappa shape index (κ2) is 13.2. The van der Waals surface area contributed by atoms with E-state index in [9.17, 15) is 14.4 Å². The highest BCUT2D eigenvalue weighted by molar-refractivity contribution is 5.92. The molecule has 0 aromatic heterocycles. The summed E-state index contributed by atoms with van der Waals surface area (Å²) in [6, 6.07) is 9.18. The van der Waals surface area contributed by atoms with Crippen molar-refractivity contribution in [1.29, 1.82) is 0 Å². The Morgan fingerprint density at radius 2 is 1.66 bits per heavy atom. The first-order valence-corrected chi connectivity index (χ1v) is 12.1. The lowest BCUT2D eigenvalue weighted by atomic mass is 9.88. The maximum atomic E-state index is 13.3. The molecule has 1 aromatic carbocycles. The van der Waals surface area contributed by atoms with Crippen molar-refractivity contribution in [1.82, 2.24) is 19.8 Å². The molecule has 0 aliphatic carbocycles. The molecule has 0 N–H and O–H groups in total. The summed E-state index contributed by atoms with van der Waals surface area (Å²) < 4.78 is 0. The van der Waals surface area contributed by atoms with E-state index < -0.39 is 12.2 Å². The Balaban J connectivity index is 0.00000121. The lowest BCUT2D eigenvalue weighted by molar-refractivity contribution is -0.203. The Kier molecular flexibility index (Phi) is 11.4. The number of hydrazine groups is 1. The summed E-state index contributed by atoms with van der Waals surface area (Å²) in [6.45, 7) is 14.9. The number of fused-ring (bicyclic) bond motifs is 1. The number of rotatable bonds is 5. The van der Waals surface area contributed by atoms with Crippen molar-refractivity contribution in [2.45, 2.75) is 79.4 Å². The van der Waals surface area contributed by atoms with E-state index >= 15 is 0 Å². The number of piperazine rings is 1. The molecule has 3 rings (SSSR count). The van der Waals surface area contributed by atoms with Crippen molar-refractivity contribution in [2.24, 2.45) is 0 Å². The number of hydrogen-bond acceptors (Lipinski definition) is 4. The molecule has 2 saturated heterocycles. The van der Waals surface area contributed by atoms with E-state index in [0.717, 1.165) is 12.0 Å². The van der Waals surface area contributed by atoms with Crippen LogP contribution in [0.4, 0.5) is 0 Å². The van der Waals surface area contributed by atoms with Crippen LogP contribution >= 0.6 is 0 Å². The van der Waals surface area contributed by atoms with Crippen LogP contribution in [-0.2, 0) is 14.4 Å². The summed E-state index contributed by atoms with van der Waals surface area (Å²) >= 11 is 0. The van der Waals surface area contributed by atoms with Gasteiger partial charge >= 0.3 is 0 Å². The summed E-state index contributed by atoms with van der Waals surface area (Å²) in [4.78, 5) is 42.6. The summed E-state index contributed by atoms with van der Waals surface area (Å²) in [7, 11) is 1.77. The highest BCUT2D eigenvalue weighted by atomic mass is 16.2. The number of hydrogen-bond donors (Lipinski definition) is 0. The van der Waals surface area contributed by atoms with Crippen LogP contribution < -0.4 is 0 Å². The molecule has 2 aliphatic heterocycles. The van der Waals surface area contributed by atoms with E-state index in [1.165, 1.54) is 0 Å². The summed E-state index contributed by atoms with van der Waals surface area (Å²) in [6.07, 6.45) is 0.700. The Labute approximate surface area is 194 Å². The minimum atomic E-state index is -0.612. The molecule has 2 heterocycles. The summed E-state index contributed by atoms with van der Waals surface area (Å²) in [5.41, 5.74) is 1.01. The standard InChI is InChI=1S/C21H30N4O3.2C2H6/c1-5-10-18(26)25-17-13-23(6-2)21(28)20(24(17)19(27)14-22(25)4)15(3)16-11-8-7-9-12-16;2*1-2/h7-9,11-12,15,17,20H,5-6,10,13-14H2,1-4H3;2*1-2H3. The van der Waals surface area contributed by atoms with Gasteiger partial charge in [0, 0.05) is 25.9 Å². The maximum absolute atomic E-state index is 13.3. The summed E-state index contributed by atoms with van der Waals surface area (Å²) in [5, 5.41) is 3.39. The fraction of sp³-hybridized carbons (Fsp3) is 0.640. The molecule has 2 fully saturated rings. The van der Waals surface area contributed by atoms with Crippen LogP contribution in [0.1, 0.15) is 72.8 Å². The molecule has 0 saturated carbocycles. The average molecular weight is 447 g/mol. The normalized spacial score (nSPS) is 21.7. The Bertz CT molecular complexity index is 740. The van der Waals surface area contributed by atoms with Gasteiger partial charge in [0.1, 0.15) is 12.2 Å². The molecule has 2 aliphatic rings. The zero-order valence-corrected chi connectivity index (χ0v) is 21.2. The van der Waals surface area contributed by atoms with Gasteiger partial charge in [0.25, 0.3) is 0 Å². The Morgan fingerprint density at radius 3 is 2.19 bits per heavy atom. The second-order valence-electron chi connectivity index (χ2n) is 7.61. The van der Waals surface area contributed by atoms with Crippen molar-refractivity contribution >= 4 is 17.7 Å². The van der Waals surface area contributed by atoms with Gasteiger partial charge in [0.2, 0.25) is 17.7 Å². The van der Waals surface area contributed by atoms with Crippen molar-refractivity contribution < 1.29 is 14.4 Å². The molecule has 3 unspecified atom stereocenters. The first kappa shape index (κ1) is 27.6. The quantitative estimate of drug-likeness (QED) is 0.692. The van der Waals surface area contributed by atoms with Crippen molar-refractivity contribution in [2.75, 3.05) is 26.7 Å². The predicted octanol–water partition coefficient (Wildman–Crippen LogP) is 3.72. The minimum absolute atomic E-state index is 0.0102. The highest BCUT2D eigenvalue weighted by Crippen LogP contribution is 2.33. The van der Waals surface area contributed by atoms with Crippen LogP contribution in [0.25, 0.3) is 0 Å². The van der Waals surface area contributed by atoms with Gasteiger partial charge in [0.15, 0.2) is 0 Å². The molecule has 32 heavy (non-hydrogen) atoms. The smallest absolute Gasteiger partial charge is 0.246 e. The Morgan fingerprint density at radius 1 is 1.06 bits per heavy atom. The van der Waals surface area contributed by atoms with Gasteiger partial charge in [-0.1, -0.05) is 71.9 Å². The zero-order chi connectivity index (χ0) is 24.4. The third kappa shape index (κ3) is 5.68. The topological polar surface area (TPSA) is 64.2 Å². The fourth-order valence-corrected chi connectivity index (χ4v) is 4.33. The monoisotopic (exact) mass is 446 g/mol. The molecule has 1 aromatic rings. The predicted molar refractivity (Wildman–Crippen MR) is 129 cm³/mol. The third-order valence-electron chi connectivity index (χ3n) is 5.77. The van der Waals surface area contributed by atoms with E-state index in [0.29, 0.717) is 19.5 Å². The summed E-state index contributed by atoms with van der Waals surface area (Å²) in [5.74, 6) is -0.328. The molecule has 3 amide bonds. The van der Waals surface area contributed by atoms with Gasteiger partial charge in [-0.25, -0.2) is 5.01 Å². The minimum Gasteiger partial charge on any atom is -0.337 e. The van der Waals surface area contributed by atoms with Crippen molar-refractivity contribution in [3.8, 4) is 0 Å². The molecule has 0 spiro atoms. The largest absolute Gasteiger partial charge is 0.337 e. The van der Waals surface area contributed by atoms with Gasteiger partial charge in [-0.15, -0.1) is 0 Å². The van der Waals surface area contributed by atoms with Crippen LogP contribution in [0, 0.1) is 0 Å². The third-order valence-corrected chi connectivity index (χ3v) is 5.77. The van der Waals surface area contributed by atoms with E-state index in [1.807, 2.05) is 78.8 Å². The molecule has 7 nitrogen and oxygen atoms in total. The molecule has 7 heteroatoms. The number of amides is 3. The maximum Gasteiger partial charge on any atom is 0.246 e. The van der Waals surface area contributed by atoms with Crippen LogP contribution in [0.15, 0.2) is 30.3 Å². The van der Waals surface area contributed by atoms with Crippen molar-refractivity contribution in [3.63, 3.8) is 0 Å². The molecule has 180 valence electrons. The lowest BCUT2D eigenvalue weighted by Gasteiger charge is -2.55. The van der Waals surface area contributed by atoms with E-state index in [2.05, 4.69) is 0 Å². The van der Waals surface area contributed by atoms with Gasteiger partial charge < -0.3 is 9.80 Å². The number of carbonyl (C=O) groups is 3. The van der Waals surface area contributed by atoms with Gasteiger partial charge in [-0.3, -0.25) is 19.4 Å². The molecule has 3 atom stereocenters. The van der Waals surface area contributed by atoms with Gasteiger partial charge in [-0.2, -0.15) is 0 Å². The fourth-order valence-electron chi connectivity index (χ4n) is 4.33. The first-order valence-electron chi connectivity index (χ1n) is 12.1. The first-order chi connectivity index (χ1) is 15.4. The van der Waals surface area contributed by atoms with E-state index in [1.54, 1.807) is 26.9 Å². The van der Waals surface area contributed by atoms with Crippen LogP contribution in [-0.4, -0.2) is 76.4 Å². The Hall–Kier alpha value is -2.41. The van der Waals surface area contributed by atoms with E-state index in [4.69, 9.17) is 0 Å². The second-order valence-corrected chi connectivity index (χ2v) is 7.61. The number of benzene rings is 1. The molecule has 0 radical (unpaired) electrons. The zero-order valence-electron chi connectivity index (χ0n) is 21.2.